The molecule has 1 aromatic rings. The maximum Gasteiger partial charge on any atom is 0.282 e. The molecule has 1 aliphatic heterocycles. The van der Waals surface area contributed by atoms with Crippen molar-refractivity contribution in [2.45, 2.75) is 44.8 Å². The lowest BCUT2D eigenvalue weighted by Crippen LogP contribution is -2.29. The van der Waals surface area contributed by atoms with Crippen molar-refractivity contribution in [3.8, 4) is 0 Å². The third-order valence-corrected chi connectivity index (χ3v) is 4.19. The monoisotopic (exact) mass is 242 g/mol. The van der Waals surface area contributed by atoms with Gasteiger partial charge in [0.15, 0.2) is 0 Å². The van der Waals surface area contributed by atoms with Gasteiger partial charge in [-0.2, -0.15) is 0 Å². The molecule has 0 N–H and O–H groups in total. The van der Waals surface area contributed by atoms with Crippen LogP contribution in [0.2, 0.25) is 0 Å². The van der Waals surface area contributed by atoms with Crippen LogP contribution in [0.4, 0.5) is 0 Å². The SMILES string of the molecule is [C-]#[N+]C1[C@H](CCCc2ccccc2)C[C@@H](C)N1C. The Morgan fingerprint density at radius 3 is 2.72 bits per heavy atom. The quantitative estimate of drug-likeness (QED) is 0.732. The van der Waals surface area contributed by atoms with Crippen molar-refractivity contribution >= 4 is 0 Å². The molecule has 2 nitrogen and oxygen atoms in total. The zero-order valence-electron chi connectivity index (χ0n) is 11.3. The molecule has 1 unspecified atom stereocenters. The fourth-order valence-corrected chi connectivity index (χ4v) is 3.00. The molecule has 1 aliphatic rings. The van der Waals surface area contributed by atoms with Crippen molar-refractivity contribution in [2.75, 3.05) is 7.05 Å². The van der Waals surface area contributed by atoms with Crippen LogP contribution in [-0.2, 0) is 6.42 Å². The van der Waals surface area contributed by atoms with Gasteiger partial charge in [-0.15, -0.1) is 0 Å². The summed E-state index contributed by atoms with van der Waals surface area (Å²) in [5.41, 5.74) is 1.41. The lowest BCUT2D eigenvalue weighted by Gasteiger charge is -2.15. The van der Waals surface area contributed by atoms with Crippen LogP contribution in [0.25, 0.3) is 4.85 Å². The number of rotatable bonds is 4. The molecule has 96 valence electrons. The number of benzene rings is 1. The molecule has 1 saturated heterocycles. The first-order chi connectivity index (χ1) is 8.72. The molecule has 1 heterocycles. The minimum absolute atomic E-state index is 0.107. The summed E-state index contributed by atoms with van der Waals surface area (Å²) in [7, 11) is 2.09. The minimum Gasteiger partial charge on any atom is -0.296 e. The standard InChI is InChI=1S/C16H22N2/c1-13-12-15(16(17-2)18(13)3)11-7-10-14-8-5-4-6-9-14/h4-6,8-9,13,15-16H,7,10-12H2,1,3H3/t13-,15-,16?/m1/s1. The average molecular weight is 242 g/mol. The maximum absolute atomic E-state index is 7.33. The molecular formula is C16H22N2. The Labute approximate surface area is 110 Å². The predicted octanol–water partition coefficient (Wildman–Crippen LogP) is 3.59. The third-order valence-electron chi connectivity index (χ3n) is 4.19. The van der Waals surface area contributed by atoms with Crippen LogP contribution in [0, 0.1) is 12.5 Å². The molecule has 2 rings (SSSR count). The summed E-state index contributed by atoms with van der Waals surface area (Å²) >= 11 is 0. The van der Waals surface area contributed by atoms with Crippen LogP contribution < -0.4 is 0 Å². The molecule has 1 aromatic carbocycles. The Balaban J connectivity index is 1.82. The highest BCUT2D eigenvalue weighted by Crippen LogP contribution is 2.32. The minimum atomic E-state index is 0.107. The van der Waals surface area contributed by atoms with Crippen LogP contribution in [0.5, 0.6) is 0 Å². The van der Waals surface area contributed by atoms with Crippen LogP contribution >= 0.6 is 0 Å². The van der Waals surface area contributed by atoms with E-state index in [-0.39, 0.29) is 6.17 Å². The molecule has 18 heavy (non-hydrogen) atoms. The van der Waals surface area contributed by atoms with Gasteiger partial charge in [-0.1, -0.05) is 30.3 Å². The van der Waals surface area contributed by atoms with Gasteiger partial charge in [0.1, 0.15) is 0 Å². The fourth-order valence-electron chi connectivity index (χ4n) is 3.00. The number of hydrogen-bond acceptors (Lipinski definition) is 1. The van der Waals surface area contributed by atoms with E-state index in [1.54, 1.807) is 0 Å². The van der Waals surface area contributed by atoms with Crippen LogP contribution in [0.15, 0.2) is 30.3 Å². The first-order valence-corrected chi connectivity index (χ1v) is 6.85. The number of aryl methyl sites for hydroxylation is 1. The van der Waals surface area contributed by atoms with E-state index < -0.39 is 0 Å². The van der Waals surface area contributed by atoms with E-state index in [1.807, 2.05) is 0 Å². The highest BCUT2D eigenvalue weighted by Gasteiger charge is 2.40. The van der Waals surface area contributed by atoms with Gasteiger partial charge in [0.05, 0.1) is 5.92 Å². The van der Waals surface area contributed by atoms with Gasteiger partial charge in [-0.05, 0) is 45.2 Å². The molecule has 3 atom stereocenters. The van der Waals surface area contributed by atoms with Crippen molar-refractivity contribution in [1.82, 2.24) is 4.90 Å². The van der Waals surface area contributed by atoms with E-state index in [4.69, 9.17) is 6.57 Å². The summed E-state index contributed by atoms with van der Waals surface area (Å²) < 4.78 is 0. The molecule has 0 saturated carbocycles. The zero-order chi connectivity index (χ0) is 13.0. The van der Waals surface area contributed by atoms with Crippen LogP contribution in [0.1, 0.15) is 31.7 Å². The molecule has 0 amide bonds. The van der Waals surface area contributed by atoms with Crippen molar-refractivity contribution in [3.63, 3.8) is 0 Å². The molecule has 0 spiro atoms. The van der Waals surface area contributed by atoms with Crippen molar-refractivity contribution in [2.24, 2.45) is 5.92 Å². The van der Waals surface area contributed by atoms with E-state index in [0.29, 0.717) is 12.0 Å². The Morgan fingerprint density at radius 1 is 1.33 bits per heavy atom. The molecule has 2 heteroatoms. The summed E-state index contributed by atoms with van der Waals surface area (Å²) in [4.78, 5) is 6.04. The number of likely N-dealkylation sites (tertiary alicyclic amines) is 1. The second-order valence-electron chi connectivity index (χ2n) is 5.43. The Kier molecular flexibility index (Phi) is 4.38. The number of nitrogens with zero attached hydrogens (tertiary/aromatic N) is 2. The highest BCUT2D eigenvalue weighted by atomic mass is 15.3. The molecular weight excluding hydrogens is 220 g/mol. The van der Waals surface area contributed by atoms with E-state index in [2.05, 4.69) is 54.0 Å². The normalized spacial score (nSPS) is 28.2. The van der Waals surface area contributed by atoms with Crippen LogP contribution in [0.3, 0.4) is 0 Å². The largest absolute Gasteiger partial charge is 0.296 e. The lowest BCUT2D eigenvalue weighted by molar-refractivity contribution is 0.266. The van der Waals surface area contributed by atoms with Crippen molar-refractivity contribution in [1.29, 1.82) is 0 Å². The van der Waals surface area contributed by atoms with E-state index >= 15 is 0 Å². The van der Waals surface area contributed by atoms with Gasteiger partial charge < -0.3 is 0 Å². The van der Waals surface area contributed by atoms with E-state index in [9.17, 15) is 0 Å². The Bertz CT molecular complexity index is 407. The summed E-state index contributed by atoms with van der Waals surface area (Å²) in [6.07, 6.45) is 4.80. The maximum atomic E-state index is 7.33. The molecule has 0 aromatic heterocycles. The smallest absolute Gasteiger partial charge is 0.282 e. The van der Waals surface area contributed by atoms with Gasteiger partial charge in [-0.3, -0.25) is 4.85 Å². The fraction of sp³-hybridized carbons (Fsp3) is 0.562. The first-order valence-electron chi connectivity index (χ1n) is 6.85. The van der Waals surface area contributed by atoms with Gasteiger partial charge in [0, 0.05) is 6.04 Å². The van der Waals surface area contributed by atoms with Crippen molar-refractivity contribution < 1.29 is 0 Å². The summed E-state index contributed by atoms with van der Waals surface area (Å²) in [6, 6.07) is 11.2. The lowest BCUT2D eigenvalue weighted by atomic mass is 9.95. The topological polar surface area (TPSA) is 7.60 Å². The second kappa shape index (κ2) is 6.02. The summed E-state index contributed by atoms with van der Waals surface area (Å²) in [5.74, 6) is 0.561. The van der Waals surface area contributed by atoms with Gasteiger partial charge in [0.25, 0.3) is 6.17 Å². The van der Waals surface area contributed by atoms with Gasteiger partial charge >= 0.3 is 0 Å². The average Bonchev–Trinajstić information content (AvgIpc) is 2.66. The molecule has 0 bridgehead atoms. The van der Waals surface area contributed by atoms with Gasteiger partial charge in [0.2, 0.25) is 0 Å². The molecule has 0 radical (unpaired) electrons. The predicted molar refractivity (Wildman–Crippen MR) is 75.1 cm³/mol. The highest BCUT2D eigenvalue weighted by molar-refractivity contribution is 5.14. The molecule has 0 aliphatic carbocycles. The summed E-state index contributed by atoms with van der Waals surface area (Å²) in [6.45, 7) is 9.57. The Hall–Kier alpha value is -1.33. The Morgan fingerprint density at radius 2 is 2.06 bits per heavy atom. The second-order valence-corrected chi connectivity index (χ2v) is 5.43. The van der Waals surface area contributed by atoms with Crippen LogP contribution in [-0.4, -0.2) is 24.2 Å². The van der Waals surface area contributed by atoms with Gasteiger partial charge in [-0.25, -0.2) is 11.5 Å². The van der Waals surface area contributed by atoms with E-state index in [1.165, 1.54) is 24.8 Å². The van der Waals surface area contributed by atoms with Crippen molar-refractivity contribution in [3.05, 3.63) is 47.3 Å². The van der Waals surface area contributed by atoms with E-state index in [0.717, 1.165) is 6.42 Å². The summed E-state index contributed by atoms with van der Waals surface area (Å²) in [5, 5.41) is 0. The third kappa shape index (κ3) is 2.91. The first kappa shape index (κ1) is 13.1. The zero-order valence-corrected chi connectivity index (χ0v) is 11.3. The molecule has 1 fully saturated rings. The number of hydrogen-bond donors (Lipinski definition) is 0.